The summed E-state index contributed by atoms with van der Waals surface area (Å²) in [5.41, 5.74) is 0.935. The number of aromatic nitrogens is 1. The highest BCUT2D eigenvalue weighted by molar-refractivity contribution is 8.20. The van der Waals surface area contributed by atoms with E-state index in [4.69, 9.17) is 0 Å². The van der Waals surface area contributed by atoms with E-state index in [2.05, 4.69) is 45.0 Å². The monoisotopic (exact) mass is 415 g/mol. The van der Waals surface area contributed by atoms with E-state index in [0.717, 1.165) is 5.56 Å². The quantitative estimate of drug-likeness (QED) is 0.540. The topological polar surface area (TPSA) is 39.1 Å². The lowest BCUT2D eigenvalue weighted by molar-refractivity contribution is 0.374. The van der Waals surface area contributed by atoms with Crippen molar-refractivity contribution in [1.82, 2.24) is 3.97 Å². The second-order valence-corrected chi connectivity index (χ2v) is 12.2. The maximum absolute atomic E-state index is 13.0. The van der Waals surface area contributed by atoms with Crippen molar-refractivity contribution in [1.29, 1.82) is 0 Å². The van der Waals surface area contributed by atoms with Gasteiger partial charge < -0.3 is 0 Å². The Morgan fingerprint density at radius 3 is 1.96 bits per heavy atom. The summed E-state index contributed by atoms with van der Waals surface area (Å²) in [6, 6.07) is 18.9. The number of rotatable bonds is 3. The van der Waals surface area contributed by atoms with E-state index in [9.17, 15) is 8.42 Å². The molecule has 27 heavy (non-hydrogen) atoms. The summed E-state index contributed by atoms with van der Waals surface area (Å²) in [7, 11) is -3.59. The number of fused-ring (bicyclic) bond motifs is 1. The van der Waals surface area contributed by atoms with E-state index in [1.807, 2.05) is 35.7 Å². The Bertz CT molecular complexity index is 1050. The van der Waals surface area contributed by atoms with Gasteiger partial charge in [-0.25, -0.2) is 12.4 Å². The van der Waals surface area contributed by atoms with Crippen LogP contribution in [-0.4, -0.2) is 12.4 Å². The van der Waals surface area contributed by atoms with Crippen LogP contribution in [0.1, 0.15) is 26.3 Å². The number of hydrogen-bond acceptors (Lipinski definition) is 4. The molecule has 0 atom stereocenters. The second-order valence-electron chi connectivity index (χ2n) is 7.57. The van der Waals surface area contributed by atoms with E-state index in [1.165, 1.54) is 13.8 Å². The summed E-state index contributed by atoms with van der Waals surface area (Å²) in [6.07, 6.45) is 3.44. The predicted octanol–water partition coefficient (Wildman–Crippen LogP) is 5.82. The average molecular weight is 416 g/mol. The summed E-state index contributed by atoms with van der Waals surface area (Å²) in [4.78, 5) is 2.79. The maximum Gasteiger partial charge on any atom is 0.267 e. The first kappa shape index (κ1) is 18.7. The van der Waals surface area contributed by atoms with Crippen molar-refractivity contribution in [3.05, 3.63) is 78.6 Å². The molecule has 0 bridgehead atoms. The first-order valence-corrected chi connectivity index (χ1v) is 11.8. The Hall–Kier alpha value is -1.63. The lowest BCUT2D eigenvalue weighted by Gasteiger charge is -2.39. The molecule has 0 fully saturated rings. The molecule has 0 saturated heterocycles. The standard InChI is InChI=1S/C21H21NO2S3/c1-20(2,3)21(25-18-11-7-8-12-19(18)26-21)16-13-14-22(15-16)27(23,24)17-9-5-4-6-10-17/h4-15H,1-3H3. The van der Waals surface area contributed by atoms with Crippen LogP contribution in [0.2, 0.25) is 0 Å². The van der Waals surface area contributed by atoms with E-state index in [0.29, 0.717) is 4.90 Å². The Morgan fingerprint density at radius 2 is 1.41 bits per heavy atom. The van der Waals surface area contributed by atoms with Crippen LogP contribution in [0.3, 0.4) is 0 Å². The highest BCUT2D eigenvalue weighted by Crippen LogP contribution is 2.68. The predicted molar refractivity (Wildman–Crippen MR) is 113 cm³/mol. The Morgan fingerprint density at radius 1 is 0.852 bits per heavy atom. The molecule has 140 valence electrons. The molecule has 0 amide bonds. The zero-order valence-corrected chi connectivity index (χ0v) is 17.9. The second kappa shape index (κ2) is 6.47. The number of nitrogens with zero attached hydrogens (tertiary/aromatic N) is 1. The molecule has 6 heteroatoms. The molecule has 0 saturated carbocycles. The minimum Gasteiger partial charge on any atom is -0.249 e. The van der Waals surface area contributed by atoms with Crippen molar-refractivity contribution in [2.45, 2.75) is 39.5 Å². The van der Waals surface area contributed by atoms with Crippen molar-refractivity contribution in [2.24, 2.45) is 5.41 Å². The van der Waals surface area contributed by atoms with Crippen molar-refractivity contribution < 1.29 is 8.42 Å². The van der Waals surface area contributed by atoms with E-state index < -0.39 is 10.0 Å². The van der Waals surface area contributed by atoms with Crippen LogP contribution in [0.25, 0.3) is 0 Å². The largest absolute Gasteiger partial charge is 0.267 e. The van der Waals surface area contributed by atoms with Crippen LogP contribution in [0.15, 0.2) is 87.7 Å². The lowest BCUT2D eigenvalue weighted by atomic mass is 9.87. The summed E-state index contributed by atoms with van der Waals surface area (Å²) in [5, 5.41) is 0. The van der Waals surface area contributed by atoms with E-state index in [1.54, 1.807) is 36.7 Å². The van der Waals surface area contributed by atoms with Crippen LogP contribution >= 0.6 is 23.5 Å². The molecule has 0 spiro atoms. The van der Waals surface area contributed by atoms with Gasteiger partial charge in [-0.15, -0.1) is 23.5 Å². The summed E-state index contributed by atoms with van der Waals surface area (Å²) in [6.45, 7) is 6.63. The minimum absolute atomic E-state index is 0.0793. The van der Waals surface area contributed by atoms with Crippen molar-refractivity contribution in [2.75, 3.05) is 0 Å². The Balaban J connectivity index is 1.79. The van der Waals surface area contributed by atoms with Crippen molar-refractivity contribution in [3.8, 4) is 0 Å². The fourth-order valence-corrected chi connectivity index (χ4v) is 7.75. The SMILES string of the molecule is CC(C)(C)C1(c2ccn(S(=O)(=O)c3ccccc3)c2)Sc2ccccc2S1. The van der Waals surface area contributed by atoms with Gasteiger partial charge in [0.2, 0.25) is 0 Å². The van der Waals surface area contributed by atoms with Gasteiger partial charge in [0.05, 0.1) is 4.90 Å². The van der Waals surface area contributed by atoms with E-state index >= 15 is 0 Å². The molecule has 4 rings (SSSR count). The number of hydrogen-bond donors (Lipinski definition) is 0. The number of thioether (sulfide) groups is 2. The lowest BCUT2D eigenvalue weighted by Crippen LogP contribution is -2.31. The van der Waals surface area contributed by atoms with Crippen LogP contribution in [-0.2, 0) is 14.1 Å². The van der Waals surface area contributed by atoms with Crippen LogP contribution < -0.4 is 0 Å². The van der Waals surface area contributed by atoms with Gasteiger partial charge in [0.15, 0.2) is 0 Å². The minimum atomic E-state index is -3.59. The van der Waals surface area contributed by atoms with Gasteiger partial charge in [-0.05, 0) is 41.3 Å². The third kappa shape index (κ3) is 3.04. The third-order valence-corrected chi connectivity index (χ3v) is 10.4. The molecule has 0 unspecified atom stereocenters. The van der Waals surface area contributed by atoms with Crippen molar-refractivity contribution >= 4 is 33.5 Å². The molecule has 1 aromatic heterocycles. The zero-order valence-electron chi connectivity index (χ0n) is 15.4. The first-order chi connectivity index (χ1) is 12.7. The molecule has 3 aromatic rings. The van der Waals surface area contributed by atoms with Gasteiger partial charge >= 0.3 is 0 Å². The molecule has 0 N–H and O–H groups in total. The van der Waals surface area contributed by atoms with Crippen LogP contribution in [0.5, 0.6) is 0 Å². The van der Waals surface area contributed by atoms with Crippen LogP contribution in [0, 0.1) is 5.41 Å². The van der Waals surface area contributed by atoms with Gasteiger partial charge in [-0.3, -0.25) is 0 Å². The molecular formula is C21H21NO2S3. The molecule has 0 radical (unpaired) electrons. The highest BCUT2D eigenvalue weighted by Gasteiger charge is 2.50. The van der Waals surface area contributed by atoms with Gasteiger partial charge in [0, 0.05) is 22.2 Å². The normalized spacial score (nSPS) is 16.3. The molecular weight excluding hydrogens is 394 g/mol. The van der Waals surface area contributed by atoms with Gasteiger partial charge in [0.25, 0.3) is 10.0 Å². The van der Waals surface area contributed by atoms with E-state index in [-0.39, 0.29) is 9.49 Å². The van der Waals surface area contributed by atoms with Crippen molar-refractivity contribution in [3.63, 3.8) is 0 Å². The molecule has 2 aromatic carbocycles. The average Bonchev–Trinajstić information content (AvgIpc) is 3.27. The molecule has 3 nitrogen and oxygen atoms in total. The number of benzene rings is 2. The Kier molecular flexibility index (Phi) is 4.48. The van der Waals surface area contributed by atoms with Crippen LogP contribution in [0.4, 0.5) is 0 Å². The Labute approximate surface area is 169 Å². The summed E-state index contributed by atoms with van der Waals surface area (Å²) >= 11 is 3.64. The maximum atomic E-state index is 13.0. The van der Waals surface area contributed by atoms with Gasteiger partial charge in [0.1, 0.15) is 4.08 Å². The smallest absolute Gasteiger partial charge is 0.249 e. The first-order valence-electron chi connectivity index (χ1n) is 8.70. The fourth-order valence-electron chi connectivity index (χ4n) is 3.24. The summed E-state index contributed by atoms with van der Waals surface area (Å²) < 4.78 is 27.0. The highest BCUT2D eigenvalue weighted by atomic mass is 32.2. The molecule has 2 heterocycles. The van der Waals surface area contributed by atoms with Gasteiger partial charge in [-0.1, -0.05) is 51.1 Å². The molecule has 1 aliphatic rings. The third-order valence-electron chi connectivity index (χ3n) is 4.71. The van der Waals surface area contributed by atoms with Gasteiger partial charge in [-0.2, -0.15) is 0 Å². The zero-order chi connectivity index (χ0) is 19.3. The molecule has 1 aliphatic heterocycles. The summed E-state index contributed by atoms with van der Waals surface area (Å²) in [5.74, 6) is 0. The molecule has 0 aliphatic carbocycles. The fraction of sp³-hybridized carbons (Fsp3) is 0.238.